The number of unbranched alkanes of at least 4 members (excludes halogenated alkanes) is 1. The maximum absolute atomic E-state index is 14.5. The molecule has 0 saturated carbocycles. The van der Waals surface area contributed by atoms with Gasteiger partial charge in [-0.3, -0.25) is 72.3 Å². The molecule has 0 spiro atoms. The van der Waals surface area contributed by atoms with Crippen LogP contribution < -0.4 is 104 Å². The second kappa shape index (κ2) is 53.2. The van der Waals surface area contributed by atoms with Crippen LogP contribution in [0.1, 0.15) is 193 Å². The highest BCUT2D eigenvalue weighted by Crippen LogP contribution is 2.18. The minimum absolute atomic E-state index is 0.00371. The summed E-state index contributed by atoms with van der Waals surface area (Å²) in [4.78, 5) is 208. The molecule has 0 fully saturated rings. The summed E-state index contributed by atoms with van der Waals surface area (Å²) >= 11 is 0. The van der Waals surface area contributed by atoms with E-state index in [9.17, 15) is 85.4 Å². The minimum Gasteiger partial charge on any atom is -0.480 e. The van der Waals surface area contributed by atoms with Gasteiger partial charge in [-0.25, -0.2) is 9.59 Å². The molecule has 41 heteroatoms. The number of carboxylic acid groups (broad SMARTS) is 2. The number of alkyl halides is 3. The van der Waals surface area contributed by atoms with Crippen molar-refractivity contribution in [3.8, 4) is 0 Å². The molecule has 0 rings (SSSR count). The third kappa shape index (κ3) is 41.8. The van der Waals surface area contributed by atoms with Crippen molar-refractivity contribution in [1.82, 2.24) is 63.8 Å². The molecule has 13 amide bonds. The molecule has 630 valence electrons. The Balaban J connectivity index is 0. The highest BCUT2D eigenvalue weighted by molar-refractivity contribution is 5.99. The number of carboxylic acids is 2. The summed E-state index contributed by atoms with van der Waals surface area (Å²) in [5.41, 5.74) is 39.4. The summed E-state index contributed by atoms with van der Waals surface area (Å²) in [5.74, 6) is -17.1. The van der Waals surface area contributed by atoms with Gasteiger partial charge in [0.25, 0.3) is 0 Å². The SMILES string of the molecule is CC[C@H](C)[C@H](N)C(=O)N[C@@H](CCCN=C(N)N)C(=O)N[C@H](C(=O)N[C@H](C(=O)N[C@@H](CC(C)C)C(=O)N[C@@H](CCCN=C(N)N)C(=O)N[C@@H](C)C(=O)N[C@@H](CCC(N)=O)C(=O)NCC(=O)N[C@@H](C)C(=O)N[C@@H](CC(C)C)C(=O)N[C@@H](CCCCN)C(=O)N[C@H](C(=O)O)[C@@H](C)CC)[C@@H](C)CC)[C@@H](C)CC.O=C(O)C(F)(F)F. The second-order valence-corrected chi connectivity index (χ2v) is 28.2. The molecule has 0 heterocycles. The maximum atomic E-state index is 14.5. The van der Waals surface area contributed by atoms with Gasteiger partial charge in [-0.15, -0.1) is 0 Å². The Morgan fingerprint density at radius 3 is 1.10 bits per heavy atom. The number of rotatable bonds is 52. The first-order valence-corrected chi connectivity index (χ1v) is 37.1. The smallest absolute Gasteiger partial charge is 0.480 e. The van der Waals surface area contributed by atoms with Gasteiger partial charge in [0, 0.05) is 19.5 Å². The van der Waals surface area contributed by atoms with E-state index in [0.29, 0.717) is 45.1 Å². The van der Waals surface area contributed by atoms with Crippen molar-refractivity contribution in [2.45, 2.75) is 272 Å². The Bertz CT molecular complexity index is 3070. The molecule has 28 N–H and O–H groups in total. The highest BCUT2D eigenvalue weighted by Gasteiger charge is 2.40. The summed E-state index contributed by atoms with van der Waals surface area (Å²) in [6, 6.07) is -15.3. The molecule has 0 aliphatic carbocycles. The fourth-order valence-corrected chi connectivity index (χ4v) is 10.3. The predicted molar refractivity (Wildman–Crippen MR) is 403 cm³/mol. The number of primary amides is 1. The van der Waals surface area contributed by atoms with Gasteiger partial charge in [0.2, 0.25) is 76.8 Å². The number of guanidine groups is 2. The highest BCUT2D eigenvalue weighted by atomic mass is 19.4. The largest absolute Gasteiger partial charge is 0.490 e. The van der Waals surface area contributed by atoms with E-state index in [1.54, 1.807) is 76.2 Å². The van der Waals surface area contributed by atoms with Gasteiger partial charge in [-0.1, -0.05) is 109 Å². The van der Waals surface area contributed by atoms with Crippen molar-refractivity contribution >= 4 is 101 Å². The van der Waals surface area contributed by atoms with Crippen LogP contribution in [-0.2, 0) is 71.9 Å². The lowest BCUT2D eigenvalue weighted by Crippen LogP contribution is -2.62. The number of amides is 13. The molecule has 0 unspecified atom stereocenters. The maximum Gasteiger partial charge on any atom is 0.490 e. The number of halogens is 3. The minimum atomic E-state index is -5.08. The van der Waals surface area contributed by atoms with Crippen molar-refractivity contribution in [3.63, 3.8) is 0 Å². The molecule has 110 heavy (non-hydrogen) atoms. The van der Waals surface area contributed by atoms with E-state index in [2.05, 4.69) is 73.8 Å². The average molecular weight is 1580 g/mol. The first-order chi connectivity index (χ1) is 51.1. The van der Waals surface area contributed by atoms with Crippen LogP contribution in [0.3, 0.4) is 0 Å². The third-order valence-corrected chi connectivity index (χ3v) is 17.8. The van der Waals surface area contributed by atoms with Crippen LogP contribution in [0.15, 0.2) is 9.98 Å². The quantitative estimate of drug-likeness (QED) is 0.0167. The van der Waals surface area contributed by atoms with Crippen LogP contribution in [0.5, 0.6) is 0 Å². The number of hydrogen-bond acceptors (Lipinski definition) is 19. The van der Waals surface area contributed by atoms with Crippen LogP contribution in [0.4, 0.5) is 13.2 Å². The van der Waals surface area contributed by atoms with Gasteiger partial charge in [-0.2, -0.15) is 13.2 Å². The molecular weight excluding hydrogens is 1450 g/mol. The number of carbonyl (C=O) groups excluding carboxylic acids is 13. The van der Waals surface area contributed by atoms with E-state index in [0.717, 1.165) is 0 Å². The number of hydrogen-bond donors (Lipinski definition) is 21. The molecule has 0 aromatic carbocycles. The van der Waals surface area contributed by atoms with Crippen molar-refractivity contribution in [2.75, 3.05) is 26.2 Å². The van der Waals surface area contributed by atoms with Crippen LogP contribution in [-0.4, -0.2) is 216 Å². The molecule has 0 aliphatic rings. The molecule has 0 aromatic rings. The normalized spacial score (nSPS) is 15.6. The average Bonchev–Trinajstić information content (AvgIpc) is 0.832. The molecule has 0 bridgehead atoms. The molecule has 0 saturated heterocycles. The van der Waals surface area contributed by atoms with Gasteiger partial charge in [-0.05, 0) is 120 Å². The monoisotopic (exact) mass is 1580 g/mol. The third-order valence-electron chi connectivity index (χ3n) is 17.8. The van der Waals surface area contributed by atoms with Gasteiger partial charge < -0.3 is 114 Å². The lowest BCUT2D eigenvalue weighted by atomic mass is 9.94. The lowest BCUT2D eigenvalue weighted by molar-refractivity contribution is -0.192. The molecule has 0 aromatic heterocycles. The molecular formula is C69H126F3N21O17. The molecule has 16 atom stereocenters. The first kappa shape index (κ1) is 102. The molecule has 0 radical (unpaired) electrons. The number of aliphatic imine (C=N–C) groups is 2. The standard InChI is InChI=1S/C67H125N21O15.C2HF3O2/c1-15-36(9)50(70)62(99)83-44(25-22-30-76-67(73)74)58(95)86-52(38(11)17-3)64(101)87-51(37(10)16-2)63(100)85-47(32-35(7)8)61(98)82-43(24-21-29-75-66(71)72)57(94)79-41(14)55(92)80-45(26-27-48(69)89)56(93)77-33-49(90)78-40(13)54(91)84-46(31-34(5)6)60(97)81-42(23-19-20-28-68)59(96)88-53(65(102)103)39(12)18-4;3-2(4,5)1(6)7/h34-47,50-53H,15-33,68,70H2,1-14H3,(H2,69,89)(H,77,93)(H,78,90)(H,79,94)(H,80,92)(H,81,97)(H,82,98)(H,83,99)(H,84,91)(H,85,100)(H,86,95)(H,87,101)(H,88,96)(H,102,103)(H4,71,72,75)(H4,73,74,76);(H,6,7)/t36-,37-,38-,39-,40-,41-,42-,43-,44-,45-,46-,47-,50-,51-,52-,53-;/m0./s1. The summed E-state index contributed by atoms with van der Waals surface area (Å²) in [5, 5.41) is 48.1. The zero-order chi connectivity index (χ0) is 85.0. The summed E-state index contributed by atoms with van der Waals surface area (Å²) in [6.07, 6.45) is -2.71. The van der Waals surface area contributed by atoms with E-state index in [-0.39, 0.29) is 94.1 Å². The van der Waals surface area contributed by atoms with Crippen LogP contribution in [0.2, 0.25) is 0 Å². The number of nitrogens with zero attached hydrogens (tertiary/aromatic N) is 2. The van der Waals surface area contributed by atoms with Crippen LogP contribution in [0, 0.1) is 35.5 Å². The first-order valence-electron chi connectivity index (χ1n) is 37.1. The Morgan fingerprint density at radius 1 is 0.391 bits per heavy atom. The van der Waals surface area contributed by atoms with Gasteiger partial charge >= 0.3 is 18.1 Å². The van der Waals surface area contributed by atoms with Crippen molar-refractivity contribution < 1.29 is 95.3 Å². The zero-order valence-electron chi connectivity index (χ0n) is 65.9. The summed E-state index contributed by atoms with van der Waals surface area (Å²) < 4.78 is 31.7. The summed E-state index contributed by atoms with van der Waals surface area (Å²) in [7, 11) is 0. The fourth-order valence-electron chi connectivity index (χ4n) is 10.3. The van der Waals surface area contributed by atoms with Gasteiger partial charge in [0.05, 0.1) is 12.6 Å². The zero-order valence-corrected chi connectivity index (χ0v) is 65.9. The number of nitrogens with one attached hydrogen (secondary N) is 12. The van der Waals surface area contributed by atoms with E-state index < -0.39 is 198 Å². The van der Waals surface area contributed by atoms with Crippen molar-refractivity contribution in [1.29, 1.82) is 0 Å². The lowest BCUT2D eigenvalue weighted by Gasteiger charge is -2.31. The van der Waals surface area contributed by atoms with E-state index in [1.165, 1.54) is 13.8 Å². The van der Waals surface area contributed by atoms with Crippen LogP contribution in [0.25, 0.3) is 0 Å². The van der Waals surface area contributed by atoms with Crippen molar-refractivity contribution in [3.05, 3.63) is 0 Å². The summed E-state index contributed by atoms with van der Waals surface area (Å²) in [6.45, 7) is 23.4. The van der Waals surface area contributed by atoms with E-state index >= 15 is 0 Å². The fraction of sp³-hybridized carbons (Fsp3) is 0.754. The Labute approximate surface area is 641 Å². The Morgan fingerprint density at radius 2 is 0.718 bits per heavy atom. The topological polar surface area (TPSA) is 648 Å². The molecule has 38 nitrogen and oxygen atoms in total. The van der Waals surface area contributed by atoms with Gasteiger partial charge in [0.15, 0.2) is 11.9 Å². The molecule has 0 aliphatic heterocycles. The van der Waals surface area contributed by atoms with E-state index in [4.69, 9.17) is 50.0 Å². The predicted octanol–water partition coefficient (Wildman–Crippen LogP) is -2.70. The second-order valence-electron chi connectivity index (χ2n) is 28.2. The number of aliphatic carboxylic acids is 2. The number of nitrogens with two attached hydrogens (primary N) is 7. The van der Waals surface area contributed by atoms with Gasteiger partial charge in [0.1, 0.15) is 66.5 Å². The van der Waals surface area contributed by atoms with E-state index in [1.807, 2.05) is 6.92 Å². The Kier molecular flexibility index (Phi) is 49.5. The van der Waals surface area contributed by atoms with Crippen LogP contribution >= 0.6 is 0 Å². The Hall–Kier alpha value is -9.70. The van der Waals surface area contributed by atoms with Crippen molar-refractivity contribution in [2.24, 2.45) is 85.6 Å². The number of carbonyl (C=O) groups is 15.